The largest absolute Gasteiger partial charge is 0.356 e. The number of alkyl halides is 1. The summed E-state index contributed by atoms with van der Waals surface area (Å²) in [6, 6.07) is 0. The summed E-state index contributed by atoms with van der Waals surface area (Å²) in [6.45, 7) is 5.85. The lowest BCUT2D eigenvalue weighted by molar-refractivity contribution is -0.156. The van der Waals surface area contributed by atoms with Gasteiger partial charge < -0.3 is 5.32 Å². The number of unbranched alkanes of at least 4 members (excludes halogenated alkanes) is 1. The van der Waals surface area contributed by atoms with Gasteiger partial charge in [-0.2, -0.15) is 0 Å². The molecule has 0 aromatic rings. The van der Waals surface area contributed by atoms with Crippen molar-refractivity contribution in [3.63, 3.8) is 0 Å². The number of halogens is 1. The SMILES string of the molecule is CC12CC3CC(C)(C1)CC(CC(=O)NCCCCI)(C3)C2. The molecule has 1 amide bonds. The second-order valence-electron chi connectivity index (χ2n) is 9.05. The number of amides is 1. The summed E-state index contributed by atoms with van der Waals surface area (Å²) in [5.41, 5.74) is 1.38. The van der Waals surface area contributed by atoms with Crippen molar-refractivity contribution in [3.8, 4) is 0 Å². The third kappa shape index (κ3) is 3.42. The second kappa shape index (κ2) is 5.68. The minimum atomic E-state index is 0.317. The predicted molar refractivity (Wildman–Crippen MR) is 95.6 cm³/mol. The lowest BCUT2D eigenvalue weighted by Crippen LogP contribution is -2.56. The Balaban J connectivity index is 1.61. The Morgan fingerprint density at radius 2 is 1.76 bits per heavy atom. The number of hydrogen-bond acceptors (Lipinski definition) is 1. The first-order valence-corrected chi connectivity index (χ1v) is 10.2. The molecule has 0 aromatic heterocycles. The van der Waals surface area contributed by atoms with Gasteiger partial charge in [-0.15, -0.1) is 0 Å². The van der Waals surface area contributed by atoms with Crippen LogP contribution in [0, 0.1) is 22.2 Å². The Hall–Kier alpha value is 0.200. The standard InChI is InChI=1S/C18H30INO/c1-16-7-14-8-17(2,11-16)13-18(9-14,12-16)10-15(21)20-6-4-3-5-19/h14H,3-13H2,1-2H3,(H,20,21). The van der Waals surface area contributed by atoms with E-state index in [9.17, 15) is 4.79 Å². The van der Waals surface area contributed by atoms with Gasteiger partial charge >= 0.3 is 0 Å². The Morgan fingerprint density at radius 1 is 1.10 bits per heavy atom. The lowest BCUT2D eigenvalue weighted by atomic mass is 9.40. The molecule has 2 unspecified atom stereocenters. The summed E-state index contributed by atoms with van der Waals surface area (Å²) >= 11 is 2.40. The quantitative estimate of drug-likeness (QED) is 0.389. The number of rotatable bonds is 6. The average molecular weight is 403 g/mol. The Bertz CT molecular complexity index is 403. The van der Waals surface area contributed by atoms with Crippen LogP contribution in [0.25, 0.3) is 0 Å². The fourth-order valence-electron chi connectivity index (χ4n) is 6.73. The van der Waals surface area contributed by atoms with Crippen LogP contribution in [0.1, 0.15) is 71.6 Å². The van der Waals surface area contributed by atoms with Gasteiger partial charge in [-0.05, 0) is 78.0 Å². The van der Waals surface area contributed by atoms with E-state index in [1.54, 1.807) is 0 Å². The van der Waals surface area contributed by atoms with Crippen LogP contribution in [-0.2, 0) is 4.79 Å². The molecule has 4 bridgehead atoms. The van der Waals surface area contributed by atoms with E-state index in [-0.39, 0.29) is 0 Å². The first kappa shape index (κ1) is 16.1. The van der Waals surface area contributed by atoms with Crippen molar-refractivity contribution in [2.75, 3.05) is 11.0 Å². The molecular formula is C18H30INO. The summed E-state index contributed by atoms with van der Waals surface area (Å²) in [5, 5.41) is 3.18. The van der Waals surface area contributed by atoms with Gasteiger partial charge in [-0.25, -0.2) is 0 Å². The van der Waals surface area contributed by atoms with Crippen molar-refractivity contribution in [1.82, 2.24) is 5.32 Å². The third-order valence-corrected chi connectivity index (χ3v) is 6.92. The molecule has 0 radical (unpaired) electrons. The Kier molecular flexibility index (Phi) is 4.35. The highest BCUT2D eigenvalue weighted by Crippen LogP contribution is 2.70. The van der Waals surface area contributed by atoms with Gasteiger partial charge in [0.05, 0.1) is 0 Å². The highest BCUT2D eigenvalue weighted by molar-refractivity contribution is 14.1. The number of carbonyl (C=O) groups excluding carboxylic acids is 1. The lowest BCUT2D eigenvalue weighted by Gasteiger charge is -2.65. The molecule has 0 saturated heterocycles. The highest BCUT2D eigenvalue weighted by atomic mass is 127. The molecule has 4 rings (SSSR count). The predicted octanol–water partition coefficient (Wildman–Crippen LogP) is 4.70. The molecule has 4 aliphatic carbocycles. The zero-order valence-electron chi connectivity index (χ0n) is 13.6. The monoisotopic (exact) mass is 403 g/mol. The fourth-order valence-corrected chi connectivity index (χ4v) is 7.27. The molecule has 2 atom stereocenters. The van der Waals surface area contributed by atoms with Gasteiger partial charge in [0.2, 0.25) is 5.91 Å². The first-order chi connectivity index (χ1) is 9.86. The summed E-state index contributed by atoms with van der Waals surface area (Å²) in [4.78, 5) is 12.4. The van der Waals surface area contributed by atoms with E-state index in [0.29, 0.717) is 22.2 Å². The molecule has 4 fully saturated rings. The molecule has 4 saturated carbocycles. The average Bonchev–Trinajstić information content (AvgIpc) is 2.29. The third-order valence-electron chi connectivity index (χ3n) is 6.16. The van der Waals surface area contributed by atoms with E-state index in [1.165, 1.54) is 49.4 Å². The van der Waals surface area contributed by atoms with E-state index in [4.69, 9.17) is 0 Å². The van der Waals surface area contributed by atoms with Gasteiger partial charge in [0.25, 0.3) is 0 Å². The van der Waals surface area contributed by atoms with E-state index >= 15 is 0 Å². The van der Waals surface area contributed by atoms with Gasteiger partial charge in [0, 0.05) is 13.0 Å². The summed E-state index contributed by atoms with van der Waals surface area (Å²) in [6.07, 6.45) is 11.3. The van der Waals surface area contributed by atoms with Gasteiger partial charge in [-0.1, -0.05) is 36.4 Å². The van der Waals surface area contributed by atoms with Gasteiger partial charge in [-0.3, -0.25) is 4.79 Å². The molecule has 21 heavy (non-hydrogen) atoms. The first-order valence-electron chi connectivity index (χ1n) is 8.69. The molecule has 0 aromatic carbocycles. The van der Waals surface area contributed by atoms with Crippen LogP contribution >= 0.6 is 22.6 Å². The van der Waals surface area contributed by atoms with Crippen LogP contribution in [0.4, 0.5) is 0 Å². The molecule has 4 aliphatic rings. The number of hydrogen-bond donors (Lipinski definition) is 1. The maximum Gasteiger partial charge on any atom is 0.220 e. The number of nitrogens with one attached hydrogen (secondary N) is 1. The smallest absolute Gasteiger partial charge is 0.220 e. The van der Waals surface area contributed by atoms with Crippen molar-refractivity contribution in [2.45, 2.75) is 71.6 Å². The fraction of sp³-hybridized carbons (Fsp3) is 0.944. The molecular weight excluding hydrogens is 373 g/mol. The van der Waals surface area contributed by atoms with Crippen LogP contribution in [0.5, 0.6) is 0 Å². The van der Waals surface area contributed by atoms with Crippen LogP contribution in [0.2, 0.25) is 0 Å². The molecule has 0 spiro atoms. The Labute approximate surface area is 143 Å². The van der Waals surface area contributed by atoms with Crippen molar-refractivity contribution in [1.29, 1.82) is 0 Å². The topological polar surface area (TPSA) is 29.1 Å². The maximum absolute atomic E-state index is 12.4. The van der Waals surface area contributed by atoms with Crippen LogP contribution < -0.4 is 5.32 Å². The molecule has 0 heterocycles. The number of carbonyl (C=O) groups is 1. The summed E-state index contributed by atoms with van der Waals surface area (Å²) in [5.74, 6) is 1.21. The van der Waals surface area contributed by atoms with Crippen molar-refractivity contribution < 1.29 is 4.79 Å². The Morgan fingerprint density at radius 3 is 2.33 bits per heavy atom. The zero-order valence-corrected chi connectivity index (χ0v) is 15.8. The van der Waals surface area contributed by atoms with Crippen molar-refractivity contribution >= 4 is 28.5 Å². The van der Waals surface area contributed by atoms with Gasteiger partial charge in [0.1, 0.15) is 0 Å². The second-order valence-corrected chi connectivity index (χ2v) is 10.1. The minimum Gasteiger partial charge on any atom is -0.356 e. The normalized spacial score (nSPS) is 44.0. The van der Waals surface area contributed by atoms with Crippen molar-refractivity contribution in [2.24, 2.45) is 22.2 Å². The summed E-state index contributed by atoms with van der Waals surface area (Å²) < 4.78 is 1.19. The van der Waals surface area contributed by atoms with Crippen LogP contribution in [0.3, 0.4) is 0 Å². The zero-order chi connectivity index (χ0) is 15.1. The molecule has 0 aliphatic heterocycles. The molecule has 2 nitrogen and oxygen atoms in total. The van der Waals surface area contributed by atoms with Gasteiger partial charge in [0.15, 0.2) is 0 Å². The van der Waals surface area contributed by atoms with Crippen LogP contribution in [-0.4, -0.2) is 16.9 Å². The van der Waals surface area contributed by atoms with E-state index in [2.05, 4.69) is 41.8 Å². The minimum absolute atomic E-state index is 0.317. The molecule has 1 N–H and O–H groups in total. The maximum atomic E-state index is 12.4. The molecule has 120 valence electrons. The van der Waals surface area contributed by atoms with E-state index < -0.39 is 0 Å². The van der Waals surface area contributed by atoms with Crippen molar-refractivity contribution in [3.05, 3.63) is 0 Å². The molecule has 3 heteroatoms. The highest BCUT2D eigenvalue weighted by Gasteiger charge is 2.60. The van der Waals surface area contributed by atoms with E-state index in [0.717, 1.165) is 25.3 Å². The summed E-state index contributed by atoms with van der Waals surface area (Å²) in [7, 11) is 0. The van der Waals surface area contributed by atoms with E-state index in [1.807, 2.05) is 0 Å². The van der Waals surface area contributed by atoms with Crippen LogP contribution in [0.15, 0.2) is 0 Å².